The third kappa shape index (κ3) is 4.06. The molecular formula is C23H21F3N4O. The quantitative estimate of drug-likeness (QED) is 0.405. The van der Waals surface area contributed by atoms with Crippen LogP contribution in [0.5, 0.6) is 0 Å². The maximum Gasteiger partial charge on any atom is 0.417 e. The lowest BCUT2D eigenvalue weighted by Crippen LogP contribution is -2.34. The van der Waals surface area contributed by atoms with E-state index >= 15 is 0 Å². The summed E-state index contributed by atoms with van der Waals surface area (Å²) in [6.07, 6.45) is -0.545. The number of ketones is 1. The molecule has 1 aromatic carbocycles. The van der Waals surface area contributed by atoms with Gasteiger partial charge in [-0.3, -0.25) is 14.7 Å². The number of rotatable bonds is 4. The fourth-order valence-corrected chi connectivity index (χ4v) is 4.18. The lowest BCUT2D eigenvalue weighted by Gasteiger charge is -2.25. The van der Waals surface area contributed by atoms with Crippen LogP contribution in [0.4, 0.5) is 18.9 Å². The highest BCUT2D eigenvalue weighted by molar-refractivity contribution is 6.09. The first kappa shape index (κ1) is 21.1. The first-order valence-electron chi connectivity index (χ1n) is 10.1. The number of pyridine rings is 1. The summed E-state index contributed by atoms with van der Waals surface area (Å²) in [6, 6.07) is 7.57. The molecule has 160 valence electrons. The number of aromatic nitrogens is 2. The Labute approximate surface area is 177 Å². The number of carbonyl (C=O) groups excluding carboxylic acids is 1. The Kier molecular flexibility index (Phi) is 5.54. The molecule has 0 saturated carbocycles. The number of hydrogen-bond acceptors (Lipinski definition) is 3. The number of piperidine rings is 1. The van der Waals surface area contributed by atoms with Crippen molar-refractivity contribution in [1.29, 1.82) is 0 Å². The van der Waals surface area contributed by atoms with E-state index in [1.165, 1.54) is 0 Å². The van der Waals surface area contributed by atoms with Crippen LogP contribution in [0, 0.1) is 13.5 Å². The Morgan fingerprint density at radius 3 is 2.45 bits per heavy atom. The predicted molar refractivity (Wildman–Crippen MR) is 112 cm³/mol. The average molecular weight is 426 g/mol. The second kappa shape index (κ2) is 8.16. The van der Waals surface area contributed by atoms with Crippen molar-refractivity contribution in [2.75, 3.05) is 19.6 Å². The van der Waals surface area contributed by atoms with Crippen molar-refractivity contribution >= 4 is 22.5 Å². The maximum atomic E-state index is 13.4. The number of alkyl halides is 3. The van der Waals surface area contributed by atoms with Gasteiger partial charge < -0.3 is 4.57 Å². The summed E-state index contributed by atoms with van der Waals surface area (Å²) in [4.78, 5) is 22.7. The molecule has 1 aliphatic heterocycles. The first-order chi connectivity index (χ1) is 14.8. The van der Waals surface area contributed by atoms with E-state index in [1.807, 2.05) is 0 Å². The van der Waals surface area contributed by atoms with Gasteiger partial charge in [-0.25, -0.2) is 4.85 Å². The van der Waals surface area contributed by atoms with Crippen LogP contribution in [0.1, 0.15) is 40.9 Å². The highest BCUT2D eigenvalue weighted by atomic mass is 19.4. The number of hydrogen-bond donors (Lipinski definition) is 0. The minimum atomic E-state index is -4.55. The standard InChI is InChI=1S/C23H21F3N4O/c1-15-21(20(31)14-29-10-4-3-5-11-29)22-19(12-16(13-28-22)23(24,25)26)30(15)18-8-6-17(27-2)7-9-18/h6-9,12-13H,3-5,10-11,14H2,1H3. The van der Waals surface area contributed by atoms with Gasteiger partial charge >= 0.3 is 6.18 Å². The molecule has 0 amide bonds. The van der Waals surface area contributed by atoms with E-state index in [0.29, 0.717) is 22.6 Å². The molecule has 1 saturated heterocycles. The van der Waals surface area contributed by atoms with Crippen molar-refractivity contribution in [3.05, 3.63) is 64.8 Å². The van der Waals surface area contributed by atoms with Crippen LogP contribution < -0.4 is 0 Å². The van der Waals surface area contributed by atoms with Crippen LogP contribution in [-0.2, 0) is 6.18 Å². The average Bonchev–Trinajstić information content (AvgIpc) is 3.05. The van der Waals surface area contributed by atoms with Gasteiger partial charge in [0.25, 0.3) is 0 Å². The van der Waals surface area contributed by atoms with E-state index in [4.69, 9.17) is 6.57 Å². The Morgan fingerprint density at radius 1 is 1.16 bits per heavy atom. The number of benzene rings is 1. The van der Waals surface area contributed by atoms with Crippen molar-refractivity contribution in [2.24, 2.45) is 0 Å². The highest BCUT2D eigenvalue weighted by Crippen LogP contribution is 2.35. The zero-order valence-corrected chi connectivity index (χ0v) is 17.0. The van der Waals surface area contributed by atoms with E-state index < -0.39 is 11.7 Å². The number of fused-ring (bicyclic) bond motifs is 1. The molecule has 1 aliphatic rings. The zero-order valence-electron chi connectivity index (χ0n) is 17.0. The number of likely N-dealkylation sites (tertiary alicyclic amines) is 1. The minimum Gasteiger partial charge on any atom is -0.312 e. The molecule has 3 heterocycles. The van der Waals surface area contributed by atoms with Gasteiger partial charge in [0.15, 0.2) is 11.5 Å². The Balaban J connectivity index is 1.86. The molecule has 1 fully saturated rings. The zero-order chi connectivity index (χ0) is 22.2. The normalized spacial score (nSPS) is 15.2. The highest BCUT2D eigenvalue weighted by Gasteiger charge is 2.33. The Bertz CT molecular complexity index is 1170. The monoisotopic (exact) mass is 426 g/mol. The summed E-state index contributed by atoms with van der Waals surface area (Å²) < 4.78 is 41.7. The molecule has 0 aliphatic carbocycles. The van der Waals surface area contributed by atoms with Gasteiger partial charge in [-0.05, 0) is 51.1 Å². The molecular weight excluding hydrogens is 405 g/mol. The lowest BCUT2D eigenvalue weighted by atomic mass is 10.1. The summed E-state index contributed by atoms with van der Waals surface area (Å²) in [5, 5.41) is 0. The van der Waals surface area contributed by atoms with Crippen molar-refractivity contribution in [2.45, 2.75) is 32.4 Å². The molecule has 2 aromatic heterocycles. The predicted octanol–water partition coefficient (Wildman–Crippen LogP) is 5.57. The van der Waals surface area contributed by atoms with Gasteiger partial charge in [0.05, 0.1) is 35.3 Å². The topological polar surface area (TPSA) is 42.5 Å². The Hall–Kier alpha value is -3.18. The van der Waals surface area contributed by atoms with Gasteiger partial charge in [-0.1, -0.05) is 18.6 Å². The number of carbonyl (C=O) groups is 1. The molecule has 0 spiro atoms. The van der Waals surface area contributed by atoms with Crippen molar-refractivity contribution in [3.63, 3.8) is 0 Å². The van der Waals surface area contributed by atoms with Crippen LogP contribution in [0.3, 0.4) is 0 Å². The second-order valence-corrected chi connectivity index (χ2v) is 7.77. The smallest absolute Gasteiger partial charge is 0.312 e. The molecule has 0 unspecified atom stereocenters. The molecule has 4 rings (SSSR count). The van der Waals surface area contributed by atoms with Crippen LogP contribution in [0.25, 0.3) is 21.6 Å². The van der Waals surface area contributed by atoms with Gasteiger partial charge in [0.1, 0.15) is 0 Å². The third-order valence-corrected chi connectivity index (χ3v) is 5.70. The fraction of sp³-hybridized carbons (Fsp3) is 0.348. The van der Waals surface area contributed by atoms with Crippen molar-refractivity contribution in [1.82, 2.24) is 14.5 Å². The molecule has 8 heteroatoms. The summed E-state index contributed by atoms with van der Waals surface area (Å²) in [7, 11) is 0. The summed E-state index contributed by atoms with van der Waals surface area (Å²) >= 11 is 0. The summed E-state index contributed by atoms with van der Waals surface area (Å²) in [6.45, 7) is 10.7. The molecule has 0 radical (unpaired) electrons. The molecule has 5 nitrogen and oxygen atoms in total. The van der Waals surface area contributed by atoms with E-state index in [9.17, 15) is 18.0 Å². The molecule has 3 aromatic rings. The fourth-order valence-electron chi connectivity index (χ4n) is 4.18. The Morgan fingerprint density at radius 2 is 1.84 bits per heavy atom. The second-order valence-electron chi connectivity index (χ2n) is 7.77. The van der Waals surface area contributed by atoms with E-state index in [-0.39, 0.29) is 23.4 Å². The summed E-state index contributed by atoms with van der Waals surface area (Å²) in [5.41, 5.74) is 1.52. The molecule has 0 bridgehead atoms. The maximum absolute atomic E-state index is 13.4. The van der Waals surface area contributed by atoms with Gasteiger partial charge in [-0.15, -0.1) is 0 Å². The molecule has 0 atom stereocenters. The van der Waals surface area contributed by atoms with E-state index in [0.717, 1.165) is 44.6 Å². The van der Waals surface area contributed by atoms with Crippen LogP contribution in [0.2, 0.25) is 0 Å². The molecule has 31 heavy (non-hydrogen) atoms. The molecule has 0 N–H and O–H groups in total. The minimum absolute atomic E-state index is 0.145. The number of halogens is 3. The third-order valence-electron chi connectivity index (χ3n) is 5.70. The first-order valence-corrected chi connectivity index (χ1v) is 10.1. The van der Waals surface area contributed by atoms with Gasteiger partial charge in [0.2, 0.25) is 0 Å². The summed E-state index contributed by atoms with van der Waals surface area (Å²) in [5.74, 6) is -0.145. The van der Waals surface area contributed by atoms with Crippen LogP contribution >= 0.6 is 0 Å². The SMILES string of the molecule is [C-]#[N+]c1ccc(-n2c(C)c(C(=O)CN3CCCCC3)c3ncc(C(F)(F)F)cc32)cc1. The van der Waals surface area contributed by atoms with Crippen molar-refractivity contribution in [3.8, 4) is 5.69 Å². The van der Waals surface area contributed by atoms with Gasteiger partial charge in [-0.2, -0.15) is 13.2 Å². The van der Waals surface area contributed by atoms with E-state index in [1.54, 1.807) is 35.8 Å². The van der Waals surface area contributed by atoms with Crippen molar-refractivity contribution < 1.29 is 18.0 Å². The van der Waals surface area contributed by atoms with Crippen LogP contribution in [-0.4, -0.2) is 39.9 Å². The number of nitrogens with zero attached hydrogens (tertiary/aromatic N) is 4. The lowest BCUT2D eigenvalue weighted by molar-refractivity contribution is -0.137. The number of Topliss-reactive ketones (excluding diaryl/α,β-unsaturated/α-hetero) is 1. The van der Waals surface area contributed by atoms with Gasteiger partial charge in [0, 0.05) is 17.6 Å². The van der Waals surface area contributed by atoms with Crippen LogP contribution in [0.15, 0.2) is 36.5 Å². The largest absolute Gasteiger partial charge is 0.417 e. The van der Waals surface area contributed by atoms with E-state index in [2.05, 4.69) is 14.7 Å².